The molecule has 5 aromatic heterocycles. The third kappa shape index (κ3) is 4.90. The van der Waals surface area contributed by atoms with Crippen LogP contribution in [-0.2, 0) is 5.41 Å². The number of nitriles is 1. The number of hydrogen-bond donors (Lipinski definition) is 0. The summed E-state index contributed by atoms with van der Waals surface area (Å²) >= 11 is 0. The lowest BCUT2D eigenvalue weighted by Gasteiger charge is -2.43. The highest BCUT2D eigenvalue weighted by atomic mass is 16.3. The Kier molecular flexibility index (Phi) is 7.54. The number of carbonyl (C=O) groups excluding carboxylic acids is 1. The highest BCUT2D eigenvalue weighted by Crippen LogP contribution is 2.62. The van der Waals surface area contributed by atoms with Gasteiger partial charge in [0.05, 0.1) is 56.0 Å². The van der Waals surface area contributed by atoms with Crippen LogP contribution < -0.4 is 0 Å². The molecule has 6 aliphatic carbocycles. The molecule has 0 fully saturated rings. The molecule has 0 amide bonds. The van der Waals surface area contributed by atoms with Gasteiger partial charge in [-0.3, -0.25) is 4.79 Å². The first-order valence-electron chi connectivity index (χ1n) is 28.5. The molecule has 0 saturated heterocycles. The van der Waals surface area contributed by atoms with Gasteiger partial charge < -0.3 is 13.2 Å². The molecule has 22 rings (SSSR count). The molecule has 0 unspecified atom stereocenters. The standard InChI is InChI=1S/C76H45N3O2/c1-76(2,3)39-30-52-49-32-51-54(74(80)66-46-25-13-7-19-40(46)63(51)41-20-8-14-26-47(41)66)34-56(49)78-57-35-55-58(33-50(57)53(31-39)72(52)78)79-59-29-38(36-77)62-64-42-21-9-11-23-44(42)65(45-24-12-10-22-43(45)64)70(62)69(59)71-73(79)67(55)61(37-17-5-4-6-18-37)68-48-27-15-16-28-60(48)81-75(68)71/h4-35,63-66H,1-3H3. The number of benzene rings is 11. The lowest BCUT2D eigenvalue weighted by Crippen LogP contribution is -2.28. The Hall–Kier alpha value is -10.0. The number of carbonyl (C=O) groups is 1. The summed E-state index contributed by atoms with van der Waals surface area (Å²) in [6.45, 7) is 6.95. The van der Waals surface area contributed by atoms with E-state index in [4.69, 9.17) is 4.42 Å². The topological polar surface area (TPSA) is 62.8 Å². The summed E-state index contributed by atoms with van der Waals surface area (Å²) in [5.74, 6) is -0.455. The van der Waals surface area contributed by atoms with Crippen molar-refractivity contribution in [1.82, 2.24) is 8.80 Å². The fourth-order valence-corrected chi connectivity index (χ4v) is 16.9. The van der Waals surface area contributed by atoms with E-state index in [-0.39, 0.29) is 34.9 Å². The Labute approximate surface area is 463 Å². The average molecular weight is 1030 g/mol. The first kappa shape index (κ1) is 42.9. The number of Topliss-reactive ketones (excluding diaryl/α,β-unsaturated/α-hetero) is 1. The van der Waals surface area contributed by atoms with Crippen molar-refractivity contribution in [2.75, 3.05) is 0 Å². The van der Waals surface area contributed by atoms with Crippen molar-refractivity contribution in [1.29, 1.82) is 5.26 Å². The second-order valence-electron chi connectivity index (χ2n) is 24.7. The molecule has 0 atom stereocenters. The third-order valence-electron chi connectivity index (χ3n) is 20.0. The zero-order valence-corrected chi connectivity index (χ0v) is 44.4. The van der Waals surface area contributed by atoms with Crippen LogP contribution in [0.2, 0.25) is 0 Å². The summed E-state index contributed by atoms with van der Waals surface area (Å²) in [7, 11) is 0. The predicted molar refractivity (Wildman–Crippen MR) is 327 cm³/mol. The van der Waals surface area contributed by atoms with Gasteiger partial charge in [0.1, 0.15) is 11.2 Å². The molecule has 5 heteroatoms. The highest BCUT2D eigenvalue weighted by Gasteiger charge is 2.46. The van der Waals surface area contributed by atoms with Crippen molar-refractivity contribution in [3.8, 4) is 17.2 Å². The zero-order chi connectivity index (χ0) is 53.2. The van der Waals surface area contributed by atoms with Crippen molar-refractivity contribution in [3.63, 3.8) is 0 Å². The molecule has 4 bridgehead atoms. The molecule has 0 radical (unpaired) electrons. The summed E-state index contributed by atoms with van der Waals surface area (Å²) in [5.41, 5.74) is 26.4. The summed E-state index contributed by atoms with van der Waals surface area (Å²) in [5, 5.41) is 23.0. The number of aromatic nitrogens is 2. The molecular formula is C76H45N3O2. The van der Waals surface area contributed by atoms with E-state index in [0.29, 0.717) is 5.56 Å². The molecule has 0 N–H and O–H groups in total. The molecule has 16 aromatic rings. The molecule has 81 heavy (non-hydrogen) atoms. The molecule has 5 heterocycles. The highest BCUT2D eigenvalue weighted by molar-refractivity contribution is 6.40. The second kappa shape index (κ2) is 14.2. The lowest BCUT2D eigenvalue weighted by molar-refractivity contribution is 0.0974. The molecule has 6 aliphatic rings. The molecule has 0 aliphatic heterocycles. The number of fused-ring (bicyclic) bond motifs is 16. The van der Waals surface area contributed by atoms with Crippen molar-refractivity contribution in [3.05, 3.63) is 272 Å². The largest absolute Gasteiger partial charge is 0.455 e. The van der Waals surface area contributed by atoms with Gasteiger partial charge in [-0.1, -0.05) is 166 Å². The number of para-hydroxylation sites is 1. The number of furan rings is 1. The third-order valence-corrected chi connectivity index (χ3v) is 20.0. The van der Waals surface area contributed by atoms with Gasteiger partial charge in [-0.05, 0) is 126 Å². The Morgan fingerprint density at radius 1 is 0.432 bits per heavy atom. The Bertz CT molecular complexity index is 5600. The maximum Gasteiger partial charge on any atom is 0.175 e. The number of nitrogens with zero attached hydrogens (tertiary/aromatic N) is 3. The maximum absolute atomic E-state index is 15.6. The number of hydrogen-bond acceptors (Lipinski definition) is 3. The second-order valence-corrected chi connectivity index (χ2v) is 24.7. The zero-order valence-electron chi connectivity index (χ0n) is 44.4. The Morgan fingerprint density at radius 2 is 0.951 bits per heavy atom. The van der Waals surface area contributed by atoms with E-state index in [2.05, 4.69) is 230 Å². The van der Waals surface area contributed by atoms with E-state index >= 15 is 4.79 Å². The monoisotopic (exact) mass is 1030 g/mol. The van der Waals surface area contributed by atoms with Crippen LogP contribution in [0, 0.1) is 11.3 Å². The fourth-order valence-electron chi connectivity index (χ4n) is 16.9. The van der Waals surface area contributed by atoms with Crippen molar-refractivity contribution >= 4 is 104 Å². The van der Waals surface area contributed by atoms with Gasteiger partial charge in [-0.2, -0.15) is 5.26 Å². The Balaban J connectivity index is 0.992. The predicted octanol–water partition coefficient (Wildman–Crippen LogP) is 18.5. The SMILES string of the molecule is CC(C)(C)c1cc2c3cc4c(cc3n3c5cc6c7c(-c8ccccc8)c8c9ccccc9oc8c8c9c%10c(c(C#N)cc9n(c6cc5c(c1)c23)c78)C1c2ccccc2C%10c2ccccc21)C(=O)C1c2ccccc2C4c2ccccc21. The van der Waals surface area contributed by atoms with Crippen molar-refractivity contribution in [2.45, 2.75) is 49.9 Å². The van der Waals surface area contributed by atoms with E-state index in [1.807, 2.05) is 0 Å². The van der Waals surface area contributed by atoms with Crippen LogP contribution in [0.25, 0.3) is 109 Å². The molecule has 0 spiro atoms. The van der Waals surface area contributed by atoms with E-state index in [1.165, 1.54) is 60.8 Å². The number of ketones is 1. The summed E-state index contributed by atoms with van der Waals surface area (Å²) < 4.78 is 12.4. The summed E-state index contributed by atoms with van der Waals surface area (Å²) in [6.07, 6.45) is 0. The van der Waals surface area contributed by atoms with E-state index in [9.17, 15) is 5.26 Å². The minimum atomic E-state index is -0.377. The molecule has 0 saturated carbocycles. The summed E-state index contributed by atoms with van der Waals surface area (Å²) in [4.78, 5) is 15.6. The minimum Gasteiger partial charge on any atom is -0.455 e. The van der Waals surface area contributed by atoms with Crippen LogP contribution >= 0.6 is 0 Å². The van der Waals surface area contributed by atoms with Crippen LogP contribution in [0.3, 0.4) is 0 Å². The van der Waals surface area contributed by atoms with E-state index in [1.54, 1.807) is 0 Å². The Morgan fingerprint density at radius 3 is 1.58 bits per heavy atom. The summed E-state index contributed by atoms with van der Waals surface area (Å²) in [6, 6.07) is 74.1. The molecule has 11 aromatic carbocycles. The molecular weight excluding hydrogens is 987 g/mol. The van der Waals surface area contributed by atoms with E-state index in [0.717, 1.165) is 121 Å². The maximum atomic E-state index is 15.6. The van der Waals surface area contributed by atoms with Gasteiger partial charge in [0, 0.05) is 77.4 Å². The van der Waals surface area contributed by atoms with Crippen LogP contribution in [0.15, 0.2) is 199 Å². The van der Waals surface area contributed by atoms with Crippen LogP contribution in [0.4, 0.5) is 0 Å². The first-order valence-corrected chi connectivity index (χ1v) is 28.5. The van der Waals surface area contributed by atoms with Crippen molar-refractivity contribution in [2.24, 2.45) is 0 Å². The van der Waals surface area contributed by atoms with Crippen LogP contribution in [0.5, 0.6) is 0 Å². The lowest BCUT2D eigenvalue weighted by atomic mass is 9.59. The van der Waals surface area contributed by atoms with Gasteiger partial charge in [-0.25, -0.2) is 0 Å². The average Bonchev–Trinajstić information content (AvgIpc) is 1.83. The van der Waals surface area contributed by atoms with Gasteiger partial charge in [0.15, 0.2) is 5.78 Å². The van der Waals surface area contributed by atoms with Gasteiger partial charge >= 0.3 is 0 Å². The normalized spacial score (nSPS) is 17.8. The van der Waals surface area contributed by atoms with Gasteiger partial charge in [0.2, 0.25) is 0 Å². The number of rotatable bonds is 1. The van der Waals surface area contributed by atoms with Gasteiger partial charge in [0.25, 0.3) is 0 Å². The molecule has 376 valence electrons. The van der Waals surface area contributed by atoms with Gasteiger partial charge in [-0.15, -0.1) is 0 Å². The smallest absolute Gasteiger partial charge is 0.175 e. The fraction of sp³-hybridized carbons (Fsp3) is 0.105. The van der Waals surface area contributed by atoms with E-state index < -0.39 is 0 Å². The first-order chi connectivity index (χ1) is 39.7. The van der Waals surface area contributed by atoms with Crippen LogP contribution in [0.1, 0.15) is 127 Å². The molecule has 5 nitrogen and oxygen atoms in total. The minimum absolute atomic E-state index is 0.0640. The quantitative estimate of drug-likeness (QED) is 0.165. The van der Waals surface area contributed by atoms with Crippen LogP contribution in [-0.4, -0.2) is 14.6 Å². The van der Waals surface area contributed by atoms with Crippen molar-refractivity contribution < 1.29 is 9.21 Å².